The number of para-hydroxylation sites is 1. The van der Waals surface area contributed by atoms with E-state index in [-0.39, 0.29) is 16.9 Å². The van der Waals surface area contributed by atoms with Gasteiger partial charge in [-0.2, -0.15) is 0 Å². The van der Waals surface area contributed by atoms with Gasteiger partial charge in [-0.15, -0.1) is 0 Å². The summed E-state index contributed by atoms with van der Waals surface area (Å²) >= 11 is 0. The third-order valence-corrected chi connectivity index (χ3v) is 3.38. The molecule has 0 aliphatic heterocycles. The second-order valence-electron chi connectivity index (χ2n) is 5.04. The van der Waals surface area contributed by atoms with Crippen LogP contribution >= 0.6 is 0 Å². The van der Waals surface area contributed by atoms with E-state index in [0.717, 1.165) is 0 Å². The van der Waals surface area contributed by atoms with Gasteiger partial charge in [0.15, 0.2) is 18.1 Å². The summed E-state index contributed by atoms with van der Waals surface area (Å²) in [5, 5.41) is 12.0. The first-order valence-corrected chi connectivity index (χ1v) is 7.47. The van der Waals surface area contributed by atoms with Gasteiger partial charge in [-0.1, -0.05) is 6.07 Å². The maximum atomic E-state index is 11.9. The fourth-order valence-corrected chi connectivity index (χ4v) is 2.04. The number of carbonyl (C=O) groups is 3. The Morgan fingerprint density at radius 1 is 1.00 bits per heavy atom. The van der Waals surface area contributed by atoms with E-state index in [1.807, 2.05) is 0 Å². The smallest absolute Gasteiger partial charge is 0.342 e. The standard InChI is InChI=1S/C18H17NO7/c1-24-12-8-6-11(7-9-12)17(22)19-15(20)10-26-18(23)13-4-3-5-14(25-2)16(13)21/h3-9,21H,10H2,1-2H3,(H,19,20,22). The molecule has 0 fully saturated rings. The van der Waals surface area contributed by atoms with E-state index < -0.39 is 30.1 Å². The number of phenols is 1. The van der Waals surface area contributed by atoms with Crippen LogP contribution in [-0.2, 0) is 9.53 Å². The molecular formula is C18H17NO7. The van der Waals surface area contributed by atoms with E-state index >= 15 is 0 Å². The predicted molar refractivity (Wildman–Crippen MR) is 90.4 cm³/mol. The van der Waals surface area contributed by atoms with E-state index in [1.54, 1.807) is 12.1 Å². The van der Waals surface area contributed by atoms with Crippen molar-refractivity contribution in [3.8, 4) is 17.2 Å². The Kier molecular flexibility index (Phi) is 6.15. The minimum absolute atomic E-state index is 0.0959. The zero-order chi connectivity index (χ0) is 19.1. The number of phenolic OH excluding ortho intramolecular Hbond substituents is 1. The first-order chi connectivity index (χ1) is 12.5. The van der Waals surface area contributed by atoms with E-state index in [9.17, 15) is 19.5 Å². The Hall–Kier alpha value is -3.55. The summed E-state index contributed by atoms with van der Waals surface area (Å²) in [7, 11) is 2.83. The van der Waals surface area contributed by atoms with Crippen LogP contribution in [0.15, 0.2) is 42.5 Å². The fraction of sp³-hybridized carbons (Fsp3) is 0.167. The van der Waals surface area contributed by atoms with Gasteiger partial charge in [-0.25, -0.2) is 4.79 Å². The van der Waals surface area contributed by atoms with Crippen molar-refractivity contribution in [3.05, 3.63) is 53.6 Å². The van der Waals surface area contributed by atoms with Crippen molar-refractivity contribution < 1.29 is 33.7 Å². The molecule has 136 valence electrons. The highest BCUT2D eigenvalue weighted by molar-refractivity contribution is 6.05. The normalized spacial score (nSPS) is 9.92. The van der Waals surface area contributed by atoms with Gasteiger partial charge in [0.1, 0.15) is 11.3 Å². The molecule has 2 rings (SSSR count). The lowest BCUT2D eigenvalue weighted by Gasteiger charge is -2.09. The number of amides is 2. The molecule has 2 amide bonds. The highest BCUT2D eigenvalue weighted by Crippen LogP contribution is 2.29. The maximum absolute atomic E-state index is 11.9. The lowest BCUT2D eigenvalue weighted by Crippen LogP contribution is -2.34. The molecule has 0 heterocycles. The number of ether oxygens (including phenoxy) is 3. The molecule has 0 bridgehead atoms. The van der Waals surface area contributed by atoms with Crippen LogP contribution in [0.5, 0.6) is 17.2 Å². The molecule has 0 unspecified atom stereocenters. The van der Waals surface area contributed by atoms with E-state index in [2.05, 4.69) is 5.32 Å². The number of hydrogen-bond acceptors (Lipinski definition) is 7. The van der Waals surface area contributed by atoms with Gasteiger partial charge >= 0.3 is 5.97 Å². The average molecular weight is 359 g/mol. The summed E-state index contributed by atoms with van der Waals surface area (Å²) in [6.45, 7) is -0.683. The maximum Gasteiger partial charge on any atom is 0.342 e. The highest BCUT2D eigenvalue weighted by atomic mass is 16.5. The lowest BCUT2D eigenvalue weighted by atomic mass is 10.2. The van der Waals surface area contributed by atoms with Gasteiger partial charge in [0.2, 0.25) is 0 Å². The van der Waals surface area contributed by atoms with Gasteiger partial charge in [0.05, 0.1) is 14.2 Å². The number of aromatic hydroxyl groups is 1. The number of carbonyl (C=O) groups excluding carboxylic acids is 3. The van der Waals surface area contributed by atoms with Gasteiger partial charge in [0, 0.05) is 5.56 Å². The van der Waals surface area contributed by atoms with Gasteiger partial charge in [0.25, 0.3) is 11.8 Å². The van der Waals surface area contributed by atoms with Crippen LogP contribution < -0.4 is 14.8 Å². The molecule has 2 aromatic rings. The van der Waals surface area contributed by atoms with Crippen molar-refractivity contribution in [1.29, 1.82) is 0 Å². The Labute approximate surface area is 149 Å². The third-order valence-electron chi connectivity index (χ3n) is 3.38. The van der Waals surface area contributed by atoms with Gasteiger partial charge < -0.3 is 19.3 Å². The SMILES string of the molecule is COc1ccc(C(=O)NC(=O)COC(=O)c2cccc(OC)c2O)cc1. The number of rotatable bonds is 6. The zero-order valence-corrected chi connectivity index (χ0v) is 14.1. The van der Waals surface area contributed by atoms with Crippen LogP contribution in [0.3, 0.4) is 0 Å². The van der Waals surface area contributed by atoms with Crippen LogP contribution in [0.2, 0.25) is 0 Å². The number of benzene rings is 2. The molecular weight excluding hydrogens is 342 g/mol. The first-order valence-electron chi connectivity index (χ1n) is 7.47. The van der Waals surface area contributed by atoms with Crippen molar-refractivity contribution in [2.75, 3.05) is 20.8 Å². The molecule has 2 N–H and O–H groups in total. The Morgan fingerprint density at radius 3 is 2.31 bits per heavy atom. The van der Waals surface area contributed by atoms with Crippen molar-refractivity contribution in [2.24, 2.45) is 0 Å². The minimum Gasteiger partial charge on any atom is -0.504 e. The molecule has 0 radical (unpaired) electrons. The number of imide groups is 1. The molecule has 0 saturated heterocycles. The summed E-state index contributed by atoms with van der Waals surface area (Å²) in [5.74, 6) is -2.10. The number of esters is 1. The summed E-state index contributed by atoms with van der Waals surface area (Å²) in [5.41, 5.74) is 0.0922. The van der Waals surface area contributed by atoms with Crippen molar-refractivity contribution in [3.63, 3.8) is 0 Å². The van der Waals surface area contributed by atoms with E-state index in [4.69, 9.17) is 14.2 Å². The second-order valence-corrected chi connectivity index (χ2v) is 5.04. The van der Waals surface area contributed by atoms with Crippen LogP contribution in [0, 0.1) is 0 Å². The van der Waals surface area contributed by atoms with Crippen LogP contribution in [-0.4, -0.2) is 43.7 Å². The predicted octanol–water partition coefficient (Wildman–Crippen LogP) is 1.52. The second kappa shape index (κ2) is 8.52. The summed E-state index contributed by atoms with van der Waals surface area (Å²) in [6.07, 6.45) is 0. The molecule has 0 atom stereocenters. The van der Waals surface area contributed by atoms with Crippen molar-refractivity contribution in [1.82, 2.24) is 5.32 Å². The Balaban J connectivity index is 1.91. The number of nitrogens with one attached hydrogen (secondary N) is 1. The fourth-order valence-electron chi connectivity index (χ4n) is 2.04. The molecule has 26 heavy (non-hydrogen) atoms. The molecule has 8 heteroatoms. The van der Waals surface area contributed by atoms with Gasteiger partial charge in [-0.3, -0.25) is 14.9 Å². The monoisotopic (exact) mass is 359 g/mol. The number of hydrogen-bond donors (Lipinski definition) is 2. The molecule has 0 aliphatic carbocycles. The molecule has 0 aromatic heterocycles. The topological polar surface area (TPSA) is 111 Å². The van der Waals surface area contributed by atoms with E-state index in [1.165, 1.54) is 44.6 Å². The quantitative estimate of drug-likeness (QED) is 0.752. The van der Waals surface area contributed by atoms with Crippen molar-refractivity contribution in [2.45, 2.75) is 0 Å². The summed E-state index contributed by atoms with van der Waals surface area (Å²) in [4.78, 5) is 35.7. The molecule has 2 aromatic carbocycles. The third kappa shape index (κ3) is 4.50. The average Bonchev–Trinajstić information content (AvgIpc) is 2.66. The van der Waals surface area contributed by atoms with Crippen LogP contribution in [0.4, 0.5) is 0 Å². The van der Waals surface area contributed by atoms with Crippen molar-refractivity contribution >= 4 is 17.8 Å². The molecule has 0 spiro atoms. The Bertz CT molecular complexity index is 815. The molecule has 8 nitrogen and oxygen atoms in total. The summed E-state index contributed by atoms with van der Waals surface area (Å²) in [6, 6.07) is 10.4. The van der Waals surface area contributed by atoms with Crippen LogP contribution in [0.25, 0.3) is 0 Å². The summed E-state index contributed by atoms with van der Waals surface area (Å²) < 4.78 is 14.7. The lowest BCUT2D eigenvalue weighted by molar-refractivity contribution is -0.123. The largest absolute Gasteiger partial charge is 0.504 e. The molecule has 0 aliphatic rings. The van der Waals surface area contributed by atoms with Crippen LogP contribution in [0.1, 0.15) is 20.7 Å². The highest BCUT2D eigenvalue weighted by Gasteiger charge is 2.18. The Morgan fingerprint density at radius 2 is 1.69 bits per heavy atom. The number of methoxy groups -OCH3 is 2. The first kappa shape index (κ1) is 18.8. The van der Waals surface area contributed by atoms with E-state index in [0.29, 0.717) is 5.75 Å². The van der Waals surface area contributed by atoms with Gasteiger partial charge in [-0.05, 0) is 36.4 Å². The molecule has 0 saturated carbocycles. The minimum atomic E-state index is -0.923. The zero-order valence-electron chi connectivity index (χ0n) is 14.1.